The molecule has 1 amide bonds. The molecule has 0 unspecified atom stereocenters. The largest absolute Gasteiger partial charge is 0.355 e. The van der Waals surface area contributed by atoms with E-state index in [1.54, 1.807) is 0 Å². The van der Waals surface area contributed by atoms with Crippen LogP contribution in [-0.4, -0.2) is 18.2 Å². The topological polar surface area (TPSA) is 29.1 Å². The van der Waals surface area contributed by atoms with Gasteiger partial charge in [0.15, 0.2) is 0 Å². The normalized spacial score (nSPS) is 10.5. The highest BCUT2D eigenvalue weighted by Crippen LogP contribution is 2.19. The summed E-state index contributed by atoms with van der Waals surface area (Å²) in [4.78, 5) is 12.8. The lowest BCUT2D eigenvalue weighted by atomic mass is 10.1. The number of rotatable bonds is 7. The lowest BCUT2D eigenvalue weighted by Gasteiger charge is -2.06. The molecular formula is C18H20ClNOS. The van der Waals surface area contributed by atoms with Crippen LogP contribution in [0.5, 0.6) is 0 Å². The molecule has 0 aliphatic heterocycles. The number of carbonyl (C=O) groups is 1. The van der Waals surface area contributed by atoms with Crippen LogP contribution in [0.4, 0.5) is 0 Å². The molecule has 0 heterocycles. The Morgan fingerprint density at radius 3 is 2.68 bits per heavy atom. The van der Waals surface area contributed by atoms with Gasteiger partial charge in [0.1, 0.15) is 0 Å². The number of hydrogen-bond donors (Lipinski definition) is 1. The molecule has 0 atom stereocenters. The monoisotopic (exact) mass is 333 g/mol. The smallest absolute Gasteiger partial charge is 0.230 e. The Morgan fingerprint density at radius 1 is 1.18 bits per heavy atom. The number of thioether (sulfide) groups is 1. The lowest BCUT2D eigenvalue weighted by Crippen LogP contribution is -2.26. The van der Waals surface area contributed by atoms with Gasteiger partial charge in [-0.15, -0.1) is 11.8 Å². The summed E-state index contributed by atoms with van der Waals surface area (Å²) in [5, 5.41) is 3.68. The van der Waals surface area contributed by atoms with Gasteiger partial charge in [0, 0.05) is 16.5 Å². The van der Waals surface area contributed by atoms with Crippen LogP contribution in [0.1, 0.15) is 17.5 Å². The summed E-state index contributed by atoms with van der Waals surface area (Å²) < 4.78 is 0. The van der Waals surface area contributed by atoms with E-state index in [9.17, 15) is 4.79 Å². The molecule has 0 fully saturated rings. The number of amides is 1. The zero-order valence-corrected chi connectivity index (χ0v) is 14.2. The molecule has 0 saturated carbocycles. The van der Waals surface area contributed by atoms with E-state index in [2.05, 4.69) is 36.5 Å². The predicted octanol–water partition coefficient (Wildman–Crippen LogP) is 4.49. The minimum atomic E-state index is 0.0733. The molecular weight excluding hydrogens is 314 g/mol. The third kappa shape index (κ3) is 6.12. The van der Waals surface area contributed by atoms with Crippen LogP contribution in [0.3, 0.4) is 0 Å². The van der Waals surface area contributed by atoms with Crippen molar-refractivity contribution in [1.82, 2.24) is 5.32 Å². The second kappa shape index (κ2) is 8.86. The predicted molar refractivity (Wildman–Crippen MR) is 94.7 cm³/mol. The second-order valence-corrected chi connectivity index (χ2v) is 6.67. The Balaban J connectivity index is 1.62. The zero-order valence-electron chi connectivity index (χ0n) is 12.6. The van der Waals surface area contributed by atoms with Crippen molar-refractivity contribution in [2.75, 3.05) is 12.3 Å². The van der Waals surface area contributed by atoms with Crippen molar-refractivity contribution in [3.05, 3.63) is 64.7 Å². The van der Waals surface area contributed by atoms with E-state index in [4.69, 9.17) is 11.6 Å². The SMILES string of the molecule is Cc1cccc(CCCNC(=O)CSc2ccc(Cl)cc2)c1. The Bertz CT molecular complexity index is 613. The van der Waals surface area contributed by atoms with Gasteiger partial charge in [-0.05, 0) is 49.6 Å². The van der Waals surface area contributed by atoms with Crippen LogP contribution >= 0.6 is 23.4 Å². The van der Waals surface area contributed by atoms with Gasteiger partial charge in [0.2, 0.25) is 5.91 Å². The zero-order chi connectivity index (χ0) is 15.8. The molecule has 2 aromatic rings. The molecule has 22 heavy (non-hydrogen) atoms. The fraction of sp³-hybridized carbons (Fsp3) is 0.278. The first-order valence-electron chi connectivity index (χ1n) is 7.34. The highest BCUT2D eigenvalue weighted by atomic mass is 35.5. The van der Waals surface area contributed by atoms with E-state index in [1.165, 1.54) is 22.9 Å². The molecule has 0 radical (unpaired) electrons. The van der Waals surface area contributed by atoms with Gasteiger partial charge in [0.25, 0.3) is 0 Å². The van der Waals surface area contributed by atoms with E-state index in [-0.39, 0.29) is 5.91 Å². The summed E-state index contributed by atoms with van der Waals surface area (Å²) in [6.45, 7) is 2.81. The third-order valence-corrected chi connectivity index (χ3v) is 4.49. The van der Waals surface area contributed by atoms with E-state index >= 15 is 0 Å². The van der Waals surface area contributed by atoms with Gasteiger partial charge in [-0.25, -0.2) is 0 Å². The Hall–Kier alpha value is -1.45. The number of aryl methyl sites for hydroxylation is 2. The fourth-order valence-corrected chi connectivity index (χ4v) is 2.97. The summed E-state index contributed by atoms with van der Waals surface area (Å²) >= 11 is 7.35. The van der Waals surface area contributed by atoms with E-state index in [0.29, 0.717) is 17.3 Å². The average Bonchev–Trinajstić information content (AvgIpc) is 2.51. The molecule has 0 saturated heterocycles. The average molecular weight is 334 g/mol. The van der Waals surface area contributed by atoms with Crippen molar-refractivity contribution in [1.29, 1.82) is 0 Å². The van der Waals surface area contributed by atoms with Crippen LogP contribution in [0.2, 0.25) is 5.02 Å². The molecule has 0 spiro atoms. The lowest BCUT2D eigenvalue weighted by molar-refractivity contribution is -0.118. The van der Waals surface area contributed by atoms with Crippen molar-refractivity contribution in [2.24, 2.45) is 0 Å². The first-order valence-corrected chi connectivity index (χ1v) is 8.70. The van der Waals surface area contributed by atoms with Crippen LogP contribution in [0.15, 0.2) is 53.4 Å². The Labute approximate surface area is 141 Å². The number of hydrogen-bond acceptors (Lipinski definition) is 2. The van der Waals surface area contributed by atoms with E-state index < -0.39 is 0 Å². The van der Waals surface area contributed by atoms with Crippen molar-refractivity contribution in [3.63, 3.8) is 0 Å². The van der Waals surface area contributed by atoms with Crippen LogP contribution in [-0.2, 0) is 11.2 Å². The molecule has 0 bridgehead atoms. The Kier molecular flexibility index (Phi) is 6.81. The number of benzene rings is 2. The minimum Gasteiger partial charge on any atom is -0.355 e. The number of carbonyl (C=O) groups excluding carboxylic acids is 1. The highest BCUT2D eigenvalue weighted by Gasteiger charge is 2.02. The van der Waals surface area contributed by atoms with Crippen molar-refractivity contribution in [2.45, 2.75) is 24.7 Å². The van der Waals surface area contributed by atoms with Gasteiger partial charge in [0.05, 0.1) is 5.75 Å². The molecule has 0 aliphatic rings. The molecule has 0 aliphatic carbocycles. The summed E-state index contributed by atoms with van der Waals surface area (Å²) in [6.07, 6.45) is 1.95. The van der Waals surface area contributed by atoms with Crippen molar-refractivity contribution < 1.29 is 4.79 Å². The van der Waals surface area contributed by atoms with Crippen LogP contribution < -0.4 is 5.32 Å². The molecule has 2 rings (SSSR count). The van der Waals surface area contributed by atoms with Crippen molar-refractivity contribution in [3.8, 4) is 0 Å². The number of halogens is 1. The Morgan fingerprint density at radius 2 is 1.95 bits per heavy atom. The maximum Gasteiger partial charge on any atom is 0.230 e. The molecule has 116 valence electrons. The number of nitrogens with one attached hydrogen (secondary N) is 1. The highest BCUT2D eigenvalue weighted by molar-refractivity contribution is 8.00. The first-order chi connectivity index (χ1) is 10.6. The summed E-state index contributed by atoms with van der Waals surface area (Å²) in [5.74, 6) is 0.510. The third-order valence-electron chi connectivity index (χ3n) is 3.23. The first kappa shape index (κ1) is 16.9. The van der Waals surface area contributed by atoms with Gasteiger partial charge < -0.3 is 5.32 Å². The molecule has 4 heteroatoms. The van der Waals surface area contributed by atoms with Crippen LogP contribution in [0.25, 0.3) is 0 Å². The minimum absolute atomic E-state index is 0.0733. The van der Waals surface area contributed by atoms with Gasteiger partial charge >= 0.3 is 0 Å². The summed E-state index contributed by atoms with van der Waals surface area (Å²) in [7, 11) is 0. The molecule has 2 nitrogen and oxygen atoms in total. The maximum atomic E-state index is 11.8. The maximum absolute atomic E-state index is 11.8. The summed E-state index contributed by atoms with van der Waals surface area (Å²) in [5.41, 5.74) is 2.60. The summed E-state index contributed by atoms with van der Waals surface area (Å²) in [6, 6.07) is 16.0. The molecule has 1 N–H and O–H groups in total. The van der Waals surface area contributed by atoms with E-state index in [1.807, 2.05) is 24.3 Å². The van der Waals surface area contributed by atoms with Gasteiger partial charge in [-0.1, -0.05) is 41.4 Å². The van der Waals surface area contributed by atoms with Gasteiger partial charge in [-0.2, -0.15) is 0 Å². The standard InChI is InChI=1S/C18H20ClNOS/c1-14-4-2-5-15(12-14)6-3-11-20-18(21)13-22-17-9-7-16(19)8-10-17/h2,4-5,7-10,12H,3,6,11,13H2,1H3,(H,20,21). The van der Waals surface area contributed by atoms with Crippen LogP contribution in [0, 0.1) is 6.92 Å². The second-order valence-electron chi connectivity index (χ2n) is 5.19. The van der Waals surface area contributed by atoms with Crippen molar-refractivity contribution >= 4 is 29.3 Å². The van der Waals surface area contributed by atoms with Gasteiger partial charge in [-0.3, -0.25) is 4.79 Å². The van der Waals surface area contributed by atoms with E-state index in [0.717, 1.165) is 17.7 Å². The quantitative estimate of drug-likeness (QED) is 0.597. The molecule has 2 aromatic carbocycles. The molecule has 0 aromatic heterocycles. The fourth-order valence-electron chi connectivity index (χ4n) is 2.12.